The molecule has 0 radical (unpaired) electrons. The zero-order valence-corrected chi connectivity index (χ0v) is 11.5. The summed E-state index contributed by atoms with van der Waals surface area (Å²) in [7, 11) is 0. The maximum atomic E-state index is 11.4. The lowest BCUT2D eigenvalue weighted by Gasteiger charge is -2.16. The van der Waals surface area contributed by atoms with E-state index in [4.69, 9.17) is 11.6 Å². The van der Waals surface area contributed by atoms with Crippen molar-refractivity contribution in [1.29, 1.82) is 0 Å². The summed E-state index contributed by atoms with van der Waals surface area (Å²) in [5.74, 6) is -0.00985. The largest absolute Gasteiger partial charge is 0.388 e. The molecule has 1 heterocycles. The van der Waals surface area contributed by atoms with Gasteiger partial charge in [0, 0.05) is 5.69 Å². The first-order valence-corrected chi connectivity index (χ1v) is 6.72. The van der Waals surface area contributed by atoms with Crippen LogP contribution in [0.15, 0.2) is 6.07 Å². The molecule has 1 aliphatic rings. The summed E-state index contributed by atoms with van der Waals surface area (Å²) in [5, 5.41) is 13.5. The van der Waals surface area contributed by atoms with Crippen LogP contribution in [0.4, 0.5) is 5.69 Å². The van der Waals surface area contributed by atoms with Gasteiger partial charge in [0.15, 0.2) is 0 Å². The number of fused-ring (bicyclic) bond motifs is 1. The van der Waals surface area contributed by atoms with Gasteiger partial charge in [-0.3, -0.25) is 4.79 Å². The molecule has 18 heavy (non-hydrogen) atoms. The first kappa shape index (κ1) is 13.4. The number of rotatable bonds is 4. The smallest absolute Gasteiger partial charge is 0.228 e. The number of benzene rings is 1. The maximum Gasteiger partial charge on any atom is 0.228 e. The molecule has 0 saturated carbocycles. The number of halogens is 1. The molecular weight excluding hydrogens is 250 g/mol. The van der Waals surface area contributed by atoms with Crippen LogP contribution in [0, 0.1) is 6.92 Å². The minimum absolute atomic E-state index is 0.00985. The predicted molar refractivity (Wildman–Crippen MR) is 73.0 cm³/mol. The summed E-state index contributed by atoms with van der Waals surface area (Å²) in [5.41, 5.74) is 3.35. The lowest BCUT2D eigenvalue weighted by molar-refractivity contribution is -0.115. The van der Waals surface area contributed by atoms with Crippen LogP contribution in [0.5, 0.6) is 0 Å². The Morgan fingerprint density at radius 1 is 1.56 bits per heavy atom. The number of anilines is 1. The molecule has 0 aromatic heterocycles. The predicted octanol–water partition coefficient (Wildman–Crippen LogP) is 3.37. The van der Waals surface area contributed by atoms with Gasteiger partial charge in [-0.2, -0.15) is 0 Å². The SMILES string of the molecule is CCCCC(O)c1cc2c(c(C)c1Cl)NC(=O)C2. The Morgan fingerprint density at radius 3 is 2.94 bits per heavy atom. The van der Waals surface area contributed by atoms with E-state index in [-0.39, 0.29) is 5.91 Å². The van der Waals surface area contributed by atoms with Gasteiger partial charge in [-0.15, -0.1) is 0 Å². The van der Waals surface area contributed by atoms with Crippen molar-refractivity contribution in [2.75, 3.05) is 5.32 Å². The third-order valence-corrected chi connectivity index (χ3v) is 3.92. The molecule has 0 saturated heterocycles. The van der Waals surface area contributed by atoms with E-state index in [9.17, 15) is 9.90 Å². The molecule has 1 aromatic carbocycles. The first-order chi connectivity index (χ1) is 8.54. The fourth-order valence-corrected chi connectivity index (χ4v) is 2.63. The number of aliphatic hydroxyl groups excluding tert-OH is 1. The molecule has 4 heteroatoms. The monoisotopic (exact) mass is 267 g/mol. The fourth-order valence-electron chi connectivity index (χ4n) is 2.36. The van der Waals surface area contributed by atoms with Gasteiger partial charge in [0.1, 0.15) is 0 Å². The molecule has 0 aliphatic carbocycles. The van der Waals surface area contributed by atoms with E-state index in [1.807, 2.05) is 13.0 Å². The standard InChI is InChI=1S/C14H18ClNO2/c1-3-4-5-11(17)10-6-9-7-12(18)16-14(9)8(2)13(10)15/h6,11,17H,3-5,7H2,1-2H3,(H,16,18). The van der Waals surface area contributed by atoms with Crippen molar-refractivity contribution in [3.05, 3.63) is 27.8 Å². The van der Waals surface area contributed by atoms with E-state index in [0.29, 0.717) is 17.9 Å². The van der Waals surface area contributed by atoms with E-state index in [0.717, 1.165) is 35.2 Å². The molecule has 1 aromatic rings. The van der Waals surface area contributed by atoms with Crippen LogP contribution in [-0.4, -0.2) is 11.0 Å². The van der Waals surface area contributed by atoms with Gasteiger partial charge in [0.25, 0.3) is 0 Å². The Bertz CT molecular complexity index is 485. The Labute approximate surface area is 112 Å². The number of carbonyl (C=O) groups is 1. The Balaban J connectivity index is 2.35. The summed E-state index contributed by atoms with van der Waals surface area (Å²) < 4.78 is 0. The van der Waals surface area contributed by atoms with Gasteiger partial charge >= 0.3 is 0 Å². The summed E-state index contributed by atoms with van der Waals surface area (Å²) in [6.07, 6.45) is 2.54. The van der Waals surface area contributed by atoms with Crippen LogP contribution in [0.3, 0.4) is 0 Å². The topological polar surface area (TPSA) is 49.3 Å². The minimum atomic E-state index is -0.544. The van der Waals surface area contributed by atoms with Crippen LogP contribution in [0.25, 0.3) is 0 Å². The number of unbranched alkanes of at least 4 members (excludes halogenated alkanes) is 1. The summed E-state index contributed by atoms with van der Waals surface area (Å²) in [6.45, 7) is 3.97. The molecule has 3 nitrogen and oxygen atoms in total. The van der Waals surface area contributed by atoms with Gasteiger partial charge in [0.2, 0.25) is 5.91 Å². The molecule has 0 bridgehead atoms. The molecule has 1 aliphatic heterocycles. The Kier molecular flexibility index (Phi) is 3.93. The van der Waals surface area contributed by atoms with E-state index >= 15 is 0 Å². The zero-order valence-electron chi connectivity index (χ0n) is 10.7. The number of hydrogen-bond acceptors (Lipinski definition) is 2. The quantitative estimate of drug-likeness (QED) is 0.879. The lowest BCUT2D eigenvalue weighted by atomic mass is 9.97. The van der Waals surface area contributed by atoms with Gasteiger partial charge in [-0.25, -0.2) is 0 Å². The van der Waals surface area contributed by atoms with Crippen molar-refractivity contribution >= 4 is 23.2 Å². The summed E-state index contributed by atoms with van der Waals surface area (Å²) >= 11 is 6.29. The fraction of sp³-hybridized carbons (Fsp3) is 0.500. The van der Waals surface area contributed by atoms with Crippen LogP contribution >= 0.6 is 11.6 Å². The van der Waals surface area contributed by atoms with Crippen molar-refractivity contribution < 1.29 is 9.90 Å². The third-order valence-electron chi connectivity index (χ3n) is 3.41. The molecule has 1 amide bonds. The van der Waals surface area contributed by atoms with E-state index < -0.39 is 6.10 Å². The van der Waals surface area contributed by atoms with Gasteiger partial charge in [-0.1, -0.05) is 31.4 Å². The average Bonchev–Trinajstić information content (AvgIpc) is 2.71. The van der Waals surface area contributed by atoms with Crippen molar-refractivity contribution in [2.24, 2.45) is 0 Å². The second-order valence-electron chi connectivity index (χ2n) is 4.82. The third kappa shape index (κ3) is 2.38. The second kappa shape index (κ2) is 5.29. The second-order valence-corrected chi connectivity index (χ2v) is 5.20. The van der Waals surface area contributed by atoms with E-state index in [1.54, 1.807) is 0 Å². The van der Waals surface area contributed by atoms with Crippen molar-refractivity contribution in [2.45, 2.75) is 45.6 Å². The molecule has 1 unspecified atom stereocenters. The van der Waals surface area contributed by atoms with E-state index in [2.05, 4.69) is 12.2 Å². The molecule has 2 N–H and O–H groups in total. The maximum absolute atomic E-state index is 11.4. The first-order valence-electron chi connectivity index (χ1n) is 6.34. The molecule has 0 spiro atoms. The molecular formula is C14H18ClNO2. The van der Waals surface area contributed by atoms with E-state index in [1.165, 1.54) is 0 Å². The molecule has 0 fully saturated rings. The Hall–Kier alpha value is -1.06. The highest BCUT2D eigenvalue weighted by Crippen LogP contribution is 2.38. The average molecular weight is 268 g/mol. The van der Waals surface area contributed by atoms with Gasteiger partial charge in [0.05, 0.1) is 17.5 Å². The molecule has 1 atom stereocenters. The van der Waals surface area contributed by atoms with Crippen molar-refractivity contribution in [3.8, 4) is 0 Å². The highest BCUT2D eigenvalue weighted by molar-refractivity contribution is 6.33. The minimum Gasteiger partial charge on any atom is -0.388 e. The Morgan fingerprint density at radius 2 is 2.28 bits per heavy atom. The number of amides is 1. The highest BCUT2D eigenvalue weighted by atomic mass is 35.5. The van der Waals surface area contributed by atoms with Crippen LogP contribution < -0.4 is 5.32 Å². The van der Waals surface area contributed by atoms with Crippen LogP contribution in [0.1, 0.15) is 49.0 Å². The van der Waals surface area contributed by atoms with Crippen molar-refractivity contribution in [1.82, 2.24) is 0 Å². The number of nitrogens with one attached hydrogen (secondary N) is 1. The zero-order chi connectivity index (χ0) is 13.3. The summed E-state index contributed by atoms with van der Waals surface area (Å²) in [6, 6.07) is 1.86. The normalized spacial score (nSPS) is 15.4. The van der Waals surface area contributed by atoms with Crippen LogP contribution in [0.2, 0.25) is 5.02 Å². The summed E-state index contributed by atoms with van der Waals surface area (Å²) in [4.78, 5) is 11.4. The van der Waals surface area contributed by atoms with Crippen molar-refractivity contribution in [3.63, 3.8) is 0 Å². The van der Waals surface area contributed by atoms with Gasteiger partial charge < -0.3 is 10.4 Å². The molecule has 98 valence electrons. The van der Waals surface area contributed by atoms with Gasteiger partial charge in [-0.05, 0) is 36.1 Å². The molecule has 2 rings (SSSR count). The number of aliphatic hydroxyl groups is 1. The lowest BCUT2D eigenvalue weighted by Crippen LogP contribution is -2.04. The number of hydrogen-bond donors (Lipinski definition) is 2. The van der Waals surface area contributed by atoms with Crippen LogP contribution in [-0.2, 0) is 11.2 Å². The highest BCUT2D eigenvalue weighted by Gasteiger charge is 2.24. The number of carbonyl (C=O) groups excluding carboxylic acids is 1.